The molecule has 4 aliphatic rings. The Morgan fingerprint density at radius 2 is 1.50 bits per heavy atom. The number of imide groups is 1. The lowest BCUT2D eigenvalue weighted by atomic mass is 9.55. The molecule has 3 aliphatic carbocycles. The lowest BCUT2D eigenvalue weighted by Gasteiger charge is -2.51. The van der Waals surface area contributed by atoms with E-state index >= 15 is 0 Å². The van der Waals surface area contributed by atoms with Gasteiger partial charge >= 0.3 is 0 Å². The molecule has 6 nitrogen and oxygen atoms in total. The standard InChI is InChI=1S/C24H14Br2N2O4/c25-17-11-12(28(31)32)9-10-18(17)27-22(29)20-19-13-5-1-3-7-15(13)24(26,21(20)23(27)30)16-8-4-2-6-14(16)19/h1-11,19-21H/t19?,20-,21-,24?/m1/s1. The molecule has 1 fully saturated rings. The maximum absolute atomic E-state index is 13.9. The van der Waals surface area contributed by atoms with Crippen LogP contribution in [0.25, 0.3) is 0 Å². The van der Waals surface area contributed by atoms with Crippen LogP contribution in [0.15, 0.2) is 71.2 Å². The third-order valence-corrected chi connectivity index (χ3v) is 8.88. The van der Waals surface area contributed by atoms with Crippen molar-refractivity contribution >= 4 is 55.0 Å². The molecule has 8 heteroatoms. The lowest BCUT2D eigenvalue weighted by molar-refractivity contribution is -0.384. The van der Waals surface area contributed by atoms with Gasteiger partial charge in [0.15, 0.2) is 0 Å². The van der Waals surface area contributed by atoms with Gasteiger partial charge < -0.3 is 0 Å². The number of hydrogen-bond acceptors (Lipinski definition) is 4. The van der Waals surface area contributed by atoms with Crippen LogP contribution in [0.5, 0.6) is 0 Å². The fourth-order valence-electron chi connectivity index (χ4n) is 5.71. The molecule has 7 rings (SSSR count). The van der Waals surface area contributed by atoms with Gasteiger partial charge in [0.05, 0.1) is 26.8 Å². The molecule has 0 aromatic heterocycles. The number of rotatable bonds is 2. The zero-order valence-corrected chi connectivity index (χ0v) is 19.5. The highest BCUT2D eigenvalue weighted by molar-refractivity contribution is 9.10. The smallest absolute Gasteiger partial charge is 0.270 e. The minimum atomic E-state index is -0.825. The molecule has 1 aliphatic heterocycles. The molecule has 0 spiro atoms. The molecule has 3 aromatic carbocycles. The van der Waals surface area contributed by atoms with E-state index in [2.05, 4.69) is 31.9 Å². The average Bonchev–Trinajstić information content (AvgIpc) is 3.06. The first-order chi connectivity index (χ1) is 15.4. The zero-order valence-electron chi connectivity index (χ0n) is 16.4. The zero-order chi connectivity index (χ0) is 22.4. The van der Waals surface area contributed by atoms with Gasteiger partial charge in [0.25, 0.3) is 5.69 Å². The lowest BCUT2D eigenvalue weighted by Crippen LogP contribution is -2.50. The van der Waals surface area contributed by atoms with Crippen LogP contribution in [0.4, 0.5) is 11.4 Å². The summed E-state index contributed by atoms with van der Waals surface area (Å²) in [7, 11) is 0. The predicted octanol–water partition coefficient (Wildman–Crippen LogP) is 5.26. The Labute approximate surface area is 199 Å². The predicted molar refractivity (Wildman–Crippen MR) is 125 cm³/mol. The van der Waals surface area contributed by atoms with Crippen LogP contribution in [0.1, 0.15) is 28.2 Å². The Hall–Kier alpha value is -2.84. The van der Waals surface area contributed by atoms with Crippen molar-refractivity contribution in [1.29, 1.82) is 0 Å². The number of nitro benzene ring substituents is 1. The summed E-state index contributed by atoms with van der Waals surface area (Å²) < 4.78 is -0.494. The number of hydrogen-bond donors (Lipinski definition) is 0. The summed E-state index contributed by atoms with van der Waals surface area (Å²) in [5.74, 6) is -2.00. The number of amides is 2. The number of carbonyl (C=O) groups is 2. The molecule has 32 heavy (non-hydrogen) atoms. The van der Waals surface area contributed by atoms with Gasteiger partial charge in [-0.15, -0.1) is 0 Å². The molecule has 2 atom stereocenters. The average molecular weight is 554 g/mol. The number of anilines is 1. The Bertz CT molecular complexity index is 1320. The number of benzene rings is 3. The molecule has 3 aromatic rings. The number of nitrogens with zero attached hydrogens (tertiary/aromatic N) is 2. The summed E-state index contributed by atoms with van der Waals surface area (Å²) in [6.45, 7) is 0. The largest absolute Gasteiger partial charge is 0.274 e. The van der Waals surface area contributed by atoms with Crippen molar-refractivity contribution in [2.45, 2.75) is 10.2 Å². The highest BCUT2D eigenvalue weighted by Crippen LogP contribution is 2.66. The van der Waals surface area contributed by atoms with Crippen molar-refractivity contribution in [2.24, 2.45) is 11.8 Å². The third kappa shape index (κ3) is 2.29. The highest BCUT2D eigenvalue weighted by Gasteiger charge is 2.67. The molecular formula is C24H14Br2N2O4. The van der Waals surface area contributed by atoms with E-state index in [-0.39, 0.29) is 23.4 Å². The number of alkyl halides is 1. The number of halogens is 2. The Balaban J connectivity index is 1.57. The molecule has 2 bridgehead atoms. The quantitative estimate of drug-likeness (QED) is 0.188. The van der Waals surface area contributed by atoms with Gasteiger partial charge in [0, 0.05) is 22.5 Å². The molecule has 1 heterocycles. The van der Waals surface area contributed by atoms with Crippen LogP contribution in [-0.4, -0.2) is 16.7 Å². The van der Waals surface area contributed by atoms with Crippen molar-refractivity contribution in [2.75, 3.05) is 4.90 Å². The van der Waals surface area contributed by atoms with Gasteiger partial charge in [-0.25, -0.2) is 4.90 Å². The summed E-state index contributed by atoms with van der Waals surface area (Å²) in [4.78, 5) is 39.5. The van der Waals surface area contributed by atoms with E-state index in [1.54, 1.807) is 0 Å². The molecule has 2 amide bonds. The number of carbonyl (C=O) groups excluding carboxylic acids is 2. The number of nitro groups is 1. The van der Waals surface area contributed by atoms with Crippen LogP contribution < -0.4 is 4.90 Å². The second-order valence-corrected chi connectivity index (χ2v) is 10.4. The van der Waals surface area contributed by atoms with Gasteiger partial charge in [-0.1, -0.05) is 64.5 Å². The number of non-ortho nitro benzene ring substituents is 1. The van der Waals surface area contributed by atoms with E-state index in [1.165, 1.54) is 23.1 Å². The minimum absolute atomic E-state index is 0.117. The monoisotopic (exact) mass is 552 g/mol. The normalized spacial score (nSPS) is 27.2. The van der Waals surface area contributed by atoms with Crippen LogP contribution >= 0.6 is 31.9 Å². The van der Waals surface area contributed by atoms with Gasteiger partial charge in [-0.2, -0.15) is 0 Å². The Morgan fingerprint density at radius 3 is 2.06 bits per heavy atom. The van der Waals surface area contributed by atoms with Gasteiger partial charge in [0.1, 0.15) is 0 Å². The van der Waals surface area contributed by atoms with Gasteiger partial charge in [0.2, 0.25) is 11.8 Å². The Morgan fingerprint density at radius 1 is 0.906 bits per heavy atom. The van der Waals surface area contributed by atoms with Crippen LogP contribution in [0, 0.1) is 22.0 Å². The van der Waals surface area contributed by atoms with Crippen LogP contribution in [0.3, 0.4) is 0 Å². The van der Waals surface area contributed by atoms with Crippen molar-refractivity contribution in [3.05, 3.63) is 104 Å². The fourth-order valence-corrected chi connectivity index (χ4v) is 7.45. The highest BCUT2D eigenvalue weighted by atomic mass is 79.9. The third-order valence-electron chi connectivity index (χ3n) is 6.90. The van der Waals surface area contributed by atoms with Crippen molar-refractivity contribution in [1.82, 2.24) is 0 Å². The summed E-state index contributed by atoms with van der Waals surface area (Å²) in [6.07, 6.45) is 0. The second kappa shape index (κ2) is 6.59. The van der Waals surface area contributed by atoms with E-state index in [0.717, 1.165) is 22.3 Å². The molecule has 0 radical (unpaired) electrons. The maximum atomic E-state index is 13.9. The summed E-state index contributed by atoms with van der Waals surface area (Å²) in [5.41, 5.74) is 4.33. The first-order valence-corrected chi connectivity index (χ1v) is 11.6. The fraction of sp³-hybridized carbons (Fsp3) is 0.167. The molecular weight excluding hydrogens is 540 g/mol. The van der Waals surface area contributed by atoms with E-state index in [1.807, 2.05) is 48.5 Å². The first-order valence-electron chi connectivity index (χ1n) is 10.0. The van der Waals surface area contributed by atoms with Crippen LogP contribution in [0.2, 0.25) is 0 Å². The van der Waals surface area contributed by atoms with Crippen molar-refractivity contribution in [3.8, 4) is 0 Å². The minimum Gasteiger partial charge on any atom is -0.274 e. The molecule has 0 saturated carbocycles. The van der Waals surface area contributed by atoms with E-state index < -0.39 is 21.1 Å². The first kappa shape index (κ1) is 19.8. The van der Waals surface area contributed by atoms with Crippen molar-refractivity contribution < 1.29 is 14.5 Å². The molecule has 1 saturated heterocycles. The van der Waals surface area contributed by atoms with Gasteiger partial charge in [-0.05, 0) is 44.3 Å². The SMILES string of the molecule is O=C1[C@@H]2C3c4ccccc4C(Br)(c4ccccc43)[C@H]2C(=O)N1c1ccc([N+](=O)[O-])cc1Br. The molecule has 0 unspecified atom stereocenters. The second-order valence-electron chi connectivity index (χ2n) is 8.27. The summed E-state index contributed by atoms with van der Waals surface area (Å²) in [6, 6.07) is 20.0. The van der Waals surface area contributed by atoms with Gasteiger partial charge in [-0.3, -0.25) is 19.7 Å². The Kier molecular flexibility index (Phi) is 4.08. The van der Waals surface area contributed by atoms with Crippen LogP contribution in [-0.2, 0) is 13.9 Å². The van der Waals surface area contributed by atoms with E-state index in [4.69, 9.17) is 0 Å². The van der Waals surface area contributed by atoms with E-state index in [0.29, 0.717) is 10.2 Å². The van der Waals surface area contributed by atoms with E-state index in [9.17, 15) is 19.7 Å². The molecule has 0 N–H and O–H groups in total. The topological polar surface area (TPSA) is 80.5 Å². The molecule has 158 valence electrons. The van der Waals surface area contributed by atoms with Crippen molar-refractivity contribution in [3.63, 3.8) is 0 Å². The maximum Gasteiger partial charge on any atom is 0.270 e. The summed E-state index contributed by atoms with van der Waals surface area (Å²) in [5, 5.41) is 11.1. The summed E-state index contributed by atoms with van der Waals surface area (Å²) >= 11 is 7.29.